The number of hydrogen-bond donors (Lipinski definition) is 1. The predicted molar refractivity (Wildman–Crippen MR) is 64.7 cm³/mol. The summed E-state index contributed by atoms with van der Waals surface area (Å²) in [6.07, 6.45) is -1.20. The Kier molecular flexibility index (Phi) is 6.34. The molecule has 17 heavy (non-hydrogen) atoms. The van der Waals surface area contributed by atoms with Crippen LogP contribution in [0, 0.1) is 0 Å². The highest BCUT2D eigenvalue weighted by atomic mass is 31.2. The van der Waals surface area contributed by atoms with Gasteiger partial charge < -0.3 is 15.0 Å². The topological polar surface area (TPSA) is 87.9 Å². The zero-order valence-corrected chi connectivity index (χ0v) is 12.0. The van der Waals surface area contributed by atoms with E-state index in [4.69, 9.17) is 19.5 Å². The van der Waals surface area contributed by atoms with Gasteiger partial charge in [-0.1, -0.05) is 0 Å². The van der Waals surface area contributed by atoms with Crippen LogP contribution >= 0.6 is 7.60 Å². The van der Waals surface area contributed by atoms with Crippen LogP contribution in [0.25, 0.3) is 0 Å². The highest BCUT2D eigenvalue weighted by molar-refractivity contribution is 7.54. The average molecular weight is 267 g/mol. The molecule has 0 amide bonds. The van der Waals surface area contributed by atoms with Crippen LogP contribution in [0.2, 0.25) is 0 Å². The van der Waals surface area contributed by atoms with Gasteiger partial charge in [-0.25, -0.2) is 0 Å². The third kappa shape index (κ3) is 8.32. The molecule has 2 N–H and O–H groups in total. The number of ether oxygens (including phenoxy) is 1. The highest BCUT2D eigenvalue weighted by Crippen LogP contribution is 2.48. The van der Waals surface area contributed by atoms with E-state index in [1.165, 1.54) is 6.92 Å². The lowest BCUT2D eigenvalue weighted by Gasteiger charge is -2.23. The molecule has 0 aliphatic heterocycles. The quantitative estimate of drug-likeness (QED) is 0.449. The van der Waals surface area contributed by atoms with E-state index in [2.05, 4.69) is 0 Å². The molecule has 0 bridgehead atoms. The number of carbonyl (C=O) groups excluding carboxylic acids is 1. The van der Waals surface area contributed by atoms with Gasteiger partial charge in [0.1, 0.15) is 18.0 Å². The molecular formula is C10H22NO5P. The normalized spacial score (nSPS) is 17.3. The molecular weight excluding hydrogens is 245 g/mol. The standard InChI is InChI=1S/C10H22NO5P/c1-6-14-17(13,16-8(2)11)7-9(12)15-10(3,4)5/h8H,6-7,11H2,1-5H3. The van der Waals surface area contributed by atoms with E-state index in [1.807, 2.05) is 0 Å². The number of esters is 1. The summed E-state index contributed by atoms with van der Waals surface area (Å²) < 4.78 is 27.1. The third-order valence-corrected chi connectivity index (χ3v) is 3.35. The molecule has 0 radical (unpaired) electrons. The smallest absolute Gasteiger partial charge is 0.343 e. The number of rotatable bonds is 6. The first-order valence-electron chi connectivity index (χ1n) is 5.47. The fourth-order valence-corrected chi connectivity index (χ4v) is 2.60. The van der Waals surface area contributed by atoms with E-state index < -0.39 is 31.6 Å². The van der Waals surface area contributed by atoms with Gasteiger partial charge >= 0.3 is 13.6 Å². The minimum atomic E-state index is -3.52. The Balaban J connectivity index is 4.54. The molecule has 7 heteroatoms. The van der Waals surface area contributed by atoms with Gasteiger partial charge in [-0.2, -0.15) is 0 Å². The minimum Gasteiger partial charge on any atom is -0.459 e. The van der Waals surface area contributed by atoms with Crippen LogP contribution in [0.3, 0.4) is 0 Å². The second kappa shape index (κ2) is 6.50. The van der Waals surface area contributed by atoms with Crippen molar-refractivity contribution in [2.45, 2.75) is 46.4 Å². The van der Waals surface area contributed by atoms with Crippen molar-refractivity contribution in [1.29, 1.82) is 0 Å². The summed E-state index contributed by atoms with van der Waals surface area (Å²) in [5.41, 5.74) is 4.75. The van der Waals surface area contributed by atoms with Gasteiger partial charge in [-0.15, -0.1) is 0 Å². The number of nitrogens with two attached hydrogens (primary N) is 1. The van der Waals surface area contributed by atoms with E-state index in [0.29, 0.717) is 0 Å². The van der Waals surface area contributed by atoms with Gasteiger partial charge in [-0.05, 0) is 34.6 Å². The first-order chi connectivity index (χ1) is 7.58. The molecule has 0 saturated carbocycles. The van der Waals surface area contributed by atoms with Crippen molar-refractivity contribution in [3.8, 4) is 0 Å². The number of hydrogen-bond acceptors (Lipinski definition) is 6. The largest absolute Gasteiger partial charge is 0.459 e. The van der Waals surface area contributed by atoms with Crippen LogP contribution in [0.4, 0.5) is 0 Å². The fourth-order valence-electron chi connectivity index (χ4n) is 1.10. The maximum absolute atomic E-state index is 12.1. The average Bonchev–Trinajstić information content (AvgIpc) is 1.96. The van der Waals surface area contributed by atoms with E-state index in [1.54, 1.807) is 27.7 Å². The summed E-state index contributed by atoms with van der Waals surface area (Å²) >= 11 is 0. The Labute approximate surface area is 102 Å². The van der Waals surface area contributed by atoms with Crippen molar-refractivity contribution in [2.24, 2.45) is 5.73 Å². The van der Waals surface area contributed by atoms with Crippen LogP contribution in [0.15, 0.2) is 0 Å². The molecule has 102 valence electrons. The Morgan fingerprint density at radius 2 is 1.94 bits per heavy atom. The zero-order valence-electron chi connectivity index (χ0n) is 11.1. The second-order valence-electron chi connectivity index (χ2n) is 4.58. The van der Waals surface area contributed by atoms with Crippen LogP contribution < -0.4 is 5.73 Å². The molecule has 0 aromatic carbocycles. The summed E-state index contributed by atoms with van der Waals surface area (Å²) in [4.78, 5) is 11.5. The molecule has 0 fully saturated rings. The van der Waals surface area contributed by atoms with Gasteiger partial charge in [0, 0.05) is 0 Å². The Morgan fingerprint density at radius 1 is 1.41 bits per heavy atom. The first-order valence-corrected chi connectivity index (χ1v) is 7.20. The molecule has 2 unspecified atom stereocenters. The SMILES string of the molecule is CCOP(=O)(CC(=O)OC(C)(C)C)OC(C)N. The highest BCUT2D eigenvalue weighted by Gasteiger charge is 2.32. The summed E-state index contributed by atoms with van der Waals surface area (Å²) in [6, 6.07) is 0. The molecule has 0 spiro atoms. The molecule has 0 rings (SSSR count). The van der Waals surface area contributed by atoms with Crippen molar-refractivity contribution < 1.29 is 23.1 Å². The summed E-state index contributed by atoms with van der Waals surface area (Å²) in [5.74, 6) is -0.630. The molecule has 0 aliphatic rings. The van der Waals surface area contributed by atoms with Crippen LogP contribution in [-0.2, 0) is 23.1 Å². The molecule has 6 nitrogen and oxygen atoms in total. The van der Waals surface area contributed by atoms with E-state index in [9.17, 15) is 9.36 Å². The van der Waals surface area contributed by atoms with E-state index >= 15 is 0 Å². The van der Waals surface area contributed by atoms with Crippen LogP contribution in [0.1, 0.15) is 34.6 Å². The van der Waals surface area contributed by atoms with Crippen molar-refractivity contribution in [2.75, 3.05) is 12.8 Å². The van der Waals surface area contributed by atoms with Crippen molar-refractivity contribution >= 4 is 13.6 Å². The summed E-state index contributed by atoms with van der Waals surface area (Å²) in [6.45, 7) is 8.52. The van der Waals surface area contributed by atoms with Crippen LogP contribution in [-0.4, -0.2) is 30.6 Å². The van der Waals surface area contributed by atoms with Crippen molar-refractivity contribution in [3.63, 3.8) is 0 Å². The van der Waals surface area contributed by atoms with Gasteiger partial charge in [-0.3, -0.25) is 13.9 Å². The maximum Gasteiger partial charge on any atom is 0.343 e. The van der Waals surface area contributed by atoms with Crippen molar-refractivity contribution in [1.82, 2.24) is 0 Å². The van der Waals surface area contributed by atoms with Gasteiger partial charge in [0.2, 0.25) is 0 Å². The molecule has 2 atom stereocenters. The second-order valence-corrected chi connectivity index (χ2v) is 6.59. The first kappa shape index (κ1) is 16.6. The molecule has 0 heterocycles. The lowest BCUT2D eigenvalue weighted by molar-refractivity contribution is -0.151. The number of carbonyl (C=O) groups is 1. The Hall–Kier alpha value is -0.420. The Bertz CT molecular complexity index is 298. The minimum absolute atomic E-state index is 0.173. The molecule has 0 saturated heterocycles. The monoisotopic (exact) mass is 267 g/mol. The molecule has 0 aliphatic carbocycles. The van der Waals surface area contributed by atoms with E-state index in [0.717, 1.165) is 0 Å². The van der Waals surface area contributed by atoms with Gasteiger partial charge in [0.25, 0.3) is 0 Å². The van der Waals surface area contributed by atoms with Gasteiger partial charge in [0.05, 0.1) is 6.61 Å². The van der Waals surface area contributed by atoms with E-state index in [-0.39, 0.29) is 6.61 Å². The predicted octanol–water partition coefficient (Wildman–Crippen LogP) is 1.88. The lowest BCUT2D eigenvalue weighted by atomic mass is 10.2. The summed E-state index contributed by atoms with van der Waals surface area (Å²) in [5, 5.41) is 0. The fraction of sp³-hybridized carbons (Fsp3) is 0.900. The molecule has 0 aromatic rings. The summed E-state index contributed by atoms with van der Waals surface area (Å²) in [7, 11) is -3.52. The van der Waals surface area contributed by atoms with Crippen molar-refractivity contribution in [3.05, 3.63) is 0 Å². The van der Waals surface area contributed by atoms with Gasteiger partial charge in [0.15, 0.2) is 0 Å². The van der Waals surface area contributed by atoms with Crippen LogP contribution in [0.5, 0.6) is 0 Å². The lowest BCUT2D eigenvalue weighted by Crippen LogP contribution is -2.27. The third-order valence-electron chi connectivity index (χ3n) is 1.40. The maximum atomic E-state index is 12.1. The zero-order chi connectivity index (χ0) is 13.7. The molecule has 0 aromatic heterocycles. The Morgan fingerprint density at radius 3 is 2.29 bits per heavy atom.